The van der Waals surface area contributed by atoms with Gasteiger partial charge in [0.15, 0.2) is 0 Å². The van der Waals surface area contributed by atoms with Gasteiger partial charge in [-0.3, -0.25) is 0 Å². The number of aromatic nitrogens is 1. The van der Waals surface area contributed by atoms with E-state index in [1.807, 2.05) is 24.3 Å². The van der Waals surface area contributed by atoms with Crippen molar-refractivity contribution in [1.82, 2.24) is 4.98 Å². The maximum Gasteiger partial charge on any atom is 0.108 e. The summed E-state index contributed by atoms with van der Waals surface area (Å²) < 4.78 is 1.98. The zero-order valence-electron chi connectivity index (χ0n) is 7.17. The topological polar surface area (TPSA) is 33.1 Å². The van der Waals surface area contributed by atoms with Crippen LogP contribution in [-0.4, -0.2) is 10.1 Å². The highest BCUT2D eigenvalue weighted by atomic mass is 127. The van der Waals surface area contributed by atoms with E-state index in [9.17, 15) is 5.11 Å². The first kappa shape index (κ1) is 10.6. The van der Waals surface area contributed by atoms with Crippen LogP contribution in [0, 0.1) is 7.27 Å². The molecule has 1 aromatic heterocycles. The van der Waals surface area contributed by atoms with Crippen LogP contribution in [0.2, 0.25) is 0 Å². The minimum Gasteiger partial charge on any atom is -0.392 e. The van der Waals surface area contributed by atoms with Gasteiger partial charge in [-0.1, -0.05) is 18.2 Å². The lowest BCUT2D eigenvalue weighted by Gasteiger charge is -2.07. The molecule has 0 bridgehead atoms. The molecule has 0 saturated carbocycles. The van der Waals surface area contributed by atoms with Crippen molar-refractivity contribution < 1.29 is 5.11 Å². The summed E-state index contributed by atoms with van der Waals surface area (Å²) in [5.74, 6) is 0. The number of fused-ring (bicyclic) bond motifs is 1. The number of nitrogens with zero attached hydrogens (tertiary/aromatic N) is 1. The average molecular weight is 411 g/mol. The highest BCUT2D eigenvalue weighted by Gasteiger charge is 2.09. The molecule has 0 unspecified atom stereocenters. The van der Waals surface area contributed by atoms with Crippen LogP contribution in [0.3, 0.4) is 0 Å². The third kappa shape index (κ3) is 1.74. The van der Waals surface area contributed by atoms with Crippen molar-refractivity contribution in [2.45, 2.75) is 6.61 Å². The quantitative estimate of drug-likeness (QED) is 0.579. The van der Waals surface area contributed by atoms with Crippen molar-refractivity contribution in [2.24, 2.45) is 0 Å². The molecular formula is C10H7I2NO. The molecule has 0 fully saturated rings. The van der Waals surface area contributed by atoms with E-state index in [0.29, 0.717) is 0 Å². The maximum atomic E-state index is 9.21. The fraction of sp³-hybridized carbons (Fsp3) is 0.100. The van der Waals surface area contributed by atoms with E-state index in [1.165, 1.54) is 0 Å². The number of para-hydroxylation sites is 1. The highest BCUT2D eigenvalue weighted by Crippen LogP contribution is 2.25. The molecule has 1 aromatic carbocycles. The van der Waals surface area contributed by atoms with Crippen molar-refractivity contribution >= 4 is 56.1 Å². The predicted octanol–water partition coefficient (Wildman–Crippen LogP) is 2.94. The summed E-state index contributed by atoms with van der Waals surface area (Å²) in [6.45, 7) is 0.0500. The van der Waals surface area contributed by atoms with Crippen LogP contribution >= 0.6 is 45.2 Å². The van der Waals surface area contributed by atoms with Gasteiger partial charge in [0.25, 0.3) is 0 Å². The van der Waals surface area contributed by atoms with E-state index in [1.54, 1.807) is 0 Å². The summed E-state index contributed by atoms with van der Waals surface area (Å²) in [4.78, 5) is 4.43. The molecule has 0 amide bonds. The first-order valence-corrected chi connectivity index (χ1v) is 6.23. The Morgan fingerprint density at radius 1 is 1.21 bits per heavy atom. The van der Waals surface area contributed by atoms with Crippen molar-refractivity contribution in [1.29, 1.82) is 0 Å². The zero-order chi connectivity index (χ0) is 10.1. The SMILES string of the molecule is OCc1c(I)nc2ccccc2c1I. The van der Waals surface area contributed by atoms with Crippen molar-refractivity contribution in [3.05, 3.63) is 37.1 Å². The number of aliphatic hydroxyl groups excluding tert-OH is 1. The van der Waals surface area contributed by atoms with Crippen LogP contribution < -0.4 is 0 Å². The maximum absolute atomic E-state index is 9.21. The molecule has 72 valence electrons. The molecule has 2 rings (SSSR count). The Bertz CT molecular complexity index is 485. The molecule has 0 radical (unpaired) electrons. The fourth-order valence-corrected chi connectivity index (χ4v) is 3.42. The lowest BCUT2D eigenvalue weighted by molar-refractivity contribution is 0.279. The van der Waals surface area contributed by atoms with Gasteiger partial charge in [-0.25, -0.2) is 4.98 Å². The van der Waals surface area contributed by atoms with Crippen LogP contribution in [0.5, 0.6) is 0 Å². The Morgan fingerprint density at radius 3 is 2.64 bits per heavy atom. The Kier molecular flexibility index (Phi) is 3.23. The summed E-state index contributed by atoms with van der Waals surface area (Å²) in [5, 5.41) is 10.3. The predicted molar refractivity (Wildman–Crippen MR) is 73.1 cm³/mol. The molecule has 2 nitrogen and oxygen atoms in total. The van der Waals surface area contributed by atoms with Crippen molar-refractivity contribution in [3.8, 4) is 0 Å². The van der Waals surface area contributed by atoms with Gasteiger partial charge in [-0.05, 0) is 51.2 Å². The normalized spacial score (nSPS) is 10.8. The largest absolute Gasteiger partial charge is 0.392 e. The highest BCUT2D eigenvalue weighted by molar-refractivity contribution is 14.1. The van der Waals surface area contributed by atoms with E-state index < -0.39 is 0 Å². The number of benzene rings is 1. The molecule has 4 heteroatoms. The number of halogens is 2. The third-order valence-corrected chi connectivity index (χ3v) is 4.16. The standard InChI is InChI=1S/C10H7I2NO/c11-9-6-3-1-2-4-8(6)13-10(12)7(9)5-14/h1-4,14H,5H2. The van der Waals surface area contributed by atoms with Crippen molar-refractivity contribution in [2.75, 3.05) is 0 Å². The van der Waals surface area contributed by atoms with E-state index >= 15 is 0 Å². The Balaban J connectivity index is 2.86. The van der Waals surface area contributed by atoms with Gasteiger partial charge in [0.05, 0.1) is 12.1 Å². The molecular weight excluding hydrogens is 404 g/mol. The Hall–Kier alpha value is 0.0500. The second-order valence-corrected chi connectivity index (χ2v) is 4.97. The Morgan fingerprint density at radius 2 is 1.93 bits per heavy atom. The first-order chi connectivity index (χ1) is 6.74. The number of hydrogen-bond donors (Lipinski definition) is 1. The monoisotopic (exact) mass is 411 g/mol. The molecule has 0 aliphatic rings. The molecule has 0 spiro atoms. The molecule has 14 heavy (non-hydrogen) atoms. The second-order valence-electron chi connectivity index (χ2n) is 2.87. The van der Waals surface area contributed by atoms with Crippen LogP contribution in [0.1, 0.15) is 5.56 Å². The minimum absolute atomic E-state index is 0.0500. The molecule has 1 heterocycles. The summed E-state index contributed by atoms with van der Waals surface area (Å²) >= 11 is 4.42. The number of rotatable bonds is 1. The summed E-state index contributed by atoms with van der Waals surface area (Å²) in [5.41, 5.74) is 1.91. The number of pyridine rings is 1. The lowest BCUT2D eigenvalue weighted by Crippen LogP contribution is -1.97. The lowest BCUT2D eigenvalue weighted by atomic mass is 10.2. The smallest absolute Gasteiger partial charge is 0.108 e. The average Bonchev–Trinajstić information content (AvgIpc) is 2.18. The molecule has 2 aromatic rings. The second kappa shape index (κ2) is 4.28. The van der Waals surface area contributed by atoms with E-state index in [-0.39, 0.29) is 6.61 Å². The number of hydrogen-bond acceptors (Lipinski definition) is 2. The fourth-order valence-electron chi connectivity index (χ4n) is 1.32. The van der Waals surface area contributed by atoms with E-state index in [4.69, 9.17) is 0 Å². The van der Waals surface area contributed by atoms with Gasteiger partial charge < -0.3 is 5.11 Å². The van der Waals surface area contributed by atoms with Crippen molar-refractivity contribution in [3.63, 3.8) is 0 Å². The summed E-state index contributed by atoms with van der Waals surface area (Å²) in [6.07, 6.45) is 0. The van der Waals surface area contributed by atoms with Gasteiger partial charge in [0, 0.05) is 14.5 Å². The minimum atomic E-state index is 0.0500. The zero-order valence-corrected chi connectivity index (χ0v) is 11.5. The van der Waals surface area contributed by atoms with Crippen LogP contribution in [-0.2, 0) is 6.61 Å². The van der Waals surface area contributed by atoms with Gasteiger partial charge >= 0.3 is 0 Å². The first-order valence-electron chi connectivity index (χ1n) is 4.07. The molecule has 0 saturated heterocycles. The van der Waals surface area contributed by atoms with Gasteiger partial charge in [0.2, 0.25) is 0 Å². The summed E-state index contributed by atoms with van der Waals surface area (Å²) in [7, 11) is 0. The van der Waals surface area contributed by atoms with Crippen LogP contribution in [0.15, 0.2) is 24.3 Å². The van der Waals surface area contributed by atoms with Crippen LogP contribution in [0.25, 0.3) is 10.9 Å². The van der Waals surface area contributed by atoms with E-state index in [0.717, 1.165) is 23.7 Å². The van der Waals surface area contributed by atoms with E-state index in [2.05, 4.69) is 50.2 Å². The van der Waals surface area contributed by atoms with Crippen LogP contribution in [0.4, 0.5) is 0 Å². The molecule has 1 N–H and O–H groups in total. The molecule has 0 atom stereocenters. The van der Waals surface area contributed by atoms with Gasteiger partial charge in [-0.2, -0.15) is 0 Å². The molecule has 0 aliphatic heterocycles. The molecule has 0 aliphatic carbocycles. The summed E-state index contributed by atoms with van der Waals surface area (Å²) in [6, 6.07) is 7.97. The van der Waals surface area contributed by atoms with Gasteiger partial charge in [0.1, 0.15) is 3.70 Å². The van der Waals surface area contributed by atoms with Gasteiger partial charge in [-0.15, -0.1) is 0 Å². The Labute approximate surface area is 109 Å². The number of aliphatic hydroxyl groups is 1. The third-order valence-electron chi connectivity index (χ3n) is 2.03.